The minimum Gasteiger partial charge on any atom is -0.376 e. The summed E-state index contributed by atoms with van der Waals surface area (Å²) in [7, 11) is 0. The molecule has 136 valence electrons. The third kappa shape index (κ3) is 1.92. The molecule has 0 fully saturated rings. The van der Waals surface area contributed by atoms with Crippen molar-refractivity contribution in [3.05, 3.63) is 42.7 Å². The highest BCUT2D eigenvalue weighted by atomic mass is 15.4. The van der Waals surface area contributed by atoms with E-state index in [0.29, 0.717) is 6.04 Å². The third-order valence-corrected chi connectivity index (χ3v) is 7.18. The summed E-state index contributed by atoms with van der Waals surface area (Å²) in [6.07, 6.45) is 6.33. The minimum absolute atomic E-state index is 0.00168. The fraction of sp³-hybridized carbons (Fsp3) is 0.524. The first-order valence-corrected chi connectivity index (χ1v) is 9.94. The van der Waals surface area contributed by atoms with Crippen molar-refractivity contribution < 1.29 is 4.57 Å². The Labute approximate surface area is 158 Å². The van der Waals surface area contributed by atoms with Gasteiger partial charge in [-0.15, -0.1) is 0 Å². The highest BCUT2D eigenvalue weighted by Crippen LogP contribution is 2.59. The Morgan fingerprint density at radius 3 is 2.38 bits per heavy atom. The fourth-order valence-corrected chi connectivity index (χ4v) is 5.26. The molecular weight excluding hydrogens is 319 g/mol. The van der Waals surface area contributed by atoms with Gasteiger partial charge in [0.15, 0.2) is 0 Å². The number of fused-ring (bicyclic) bond motifs is 5. The molecule has 5 heteroatoms. The molecule has 0 saturated heterocycles. The zero-order valence-electron chi connectivity index (χ0n) is 16.9. The number of nitrogens with zero attached hydrogens (tertiary/aromatic N) is 4. The largest absolute Gasteiger partial charge is 0.474 e. The Kier molecular flexibility index (Phi) is 3.83. The predicted octanol–water partition coefficient (Wildman–Crippen LogP) is 4.53. The van der Waals surface area contributed by atoms with E-state index in [9.17, 15) is 0 Å². The predicted molar refractivity (Wildman–Crippen MR) is 109 cm³/mol. The standard InChI is InChI=1S/C21H30BN4/c1-7-20(5)21(6,8-2)24-15-11-14-23-19(24)26-18-13-10-9-12-17(18)25(16(3)4)22(20)26/h9-16H,7-8H2,1-6H3/q+1. The molecular formula is C21H30BN4+. The van der Waals surface area contributed by atoms with Crippen molar-refractivity contribution in [2.75, 3.05) is 9.62 Å². The summed E-state index contributed by atoms with van der Waals surface area (Å²) in [6.45, 7) is 14.4. The molecule has 0 N–H and O–H groups in total. The molecule has 0 spiro atoms. The zero-order chi connectivity index (χ0) is 18.7. The second-order valence-corrected chi connectivity index (χ2v) is 8.42. The Morgan fingerprint density at radius 2 is 1.77 bits per heavy atom. The lowest BCUT2D eigenvalue weighted by molar-refractivity contribution is -0.760. The summed E-state index contributed by atoms with van der Waals surface area (Å²) in [6, 6.07) is 11.3. The molecule has 1 aromatic carbocycles. The average molecular weight is 349 g/mol. The van der Waals surface area contributed by atoms with Crippen LogP contribution in [0.4, 0.5) is 17.3 Å². The van der Waals surface area contributed by atoms with Gasteiger partial charge in [0.1, 0.15) is 11.9 Å². The van der Waals surface area contributed by atoms with Gasteiger partial charge >= 0.3 is 12.9 Å². The van der Waals surface area contributed by atoms with Crippen molar-refractivity contribution in [2.24, 2.45) is 0 Å². The normalized spacial score (nSPS) is 26.8. The van der Waals surface area contributed by atoms with Crippen molar-refractivity contribution in [3.63, 3.8) is 0 Å². The molecule has 3 heterocycles. The second-order valence-electron chi connectivity index (χ2n) is 8.42. The van der Waals surface area contributed by atoms with E-state index >= 15 is 0 Å². The number of hydrogen-bond acceptors (Lipinski definition) is 3. The van der Waals surface area contributed by atoms with Gasteiger partial charge in [0.25, 0.3) is 0 Å². The minimum atomic E-state index is 0.00168. The van der Waals surface area contributed by atoms with Crippen LogP contribution < -0.4 is 14.2 Å². The molecule has 0 amide bonds. The molecule has 0 aliphatic carbocycles. The van der Waals surface area contributed by atoms with Gasteiger partial charge in [-0.1, -0.05) is 37.9 Å². The highest BCUT2D eigenvalue weighted by Gasteiger charge is 2.69. The molecule has 2 atom stereocenters. The van der Waals surface area contributed by atoms with Crippen LogP contribution in [-0.2, 0) is 5.54 Å². The number of para-hydroxylation sites is 2. The van der Waals surface area contributed by atoms with Crippen LogP contribution in [0.2, 0.25) is 5.31 Å². The lowest BCUT2D eigenvalue weighted by atomic mass is 9.39. The van der Waals surface area contributed by atoms with Crippen LogP contribution in [0.15, 0.2) is 42.7 Å². The van der Waals surface area contributed by atoms with Crippen molar-refractivity contribution in [1.82, 2.24) is 4.98 Å². The number of benzene rings is 1. The smallest absolute Gasteiger partial charge is 0.376 e. The van der Waals surface area contributed by atoms with Gasteiger partial charge in [-0.05, 0) is 45.7 Å². The Balaban J connectivity index is 2.08. The van der Waals surface area contributed by atoms with Crippen LogP contribution in [0.1, 0.15) is 54.4 Å². The van der Waals surface area contributed by atoms with Crippen molar-refractivity contribution in [2.45, 2.75) is 71.3 Å². The topological polar surface area (TPSA) is 23.2 Å². The van der Waals surface area contributed by atoms with Gasteiger partial charge < -0.3 is 4.81 Å². The molecule has 4 rings (SSSR count). The number of aromatic nitrogens is 2. The van der Waals surface area contributed by atoms with Crippen molar-refractivity contribution >= 4 is 24.3 Å². The summed E-state index contributed by atoms with van der Waals surface area (Å²) < 4.78 is 2.42. The van der Waals surface area contributed by atoms with E-state index in [2.05, 4.69) is 92.3 Å². The Hall–Kier alpha value is -2.04. The van der Waals surface area contributed by atoms with Gasteiger partial charge in [0.2, 0.25) is 0 Å². The first kappa shape index (κ1) is 17.4. The van der Waals surface area contributed by atoms with Crippen LogP contribution in [0.5, 0.6) is 0 Å². The fourth-order valence-electron chi connectivity index (χ4n) is 5.26. The number of rotatable bonds is 3. The van der Waals surface area contributed by atoms with E-state index in [0.717, 1.165) is 18.8 Å². The van der Waals surface area contributed by atoms with E-state index in [1.165, 1.54) is 11.4 Å². The average Bonchev–Trinajstić information content (AvgIpc) is 3.02. The van der Waals surface area contributed by atoms with E-state index in [-0.39, 0.29) is 17.8 Å². The SMILES string of the molecule is CCC1(C)B2N(c3ccccc3N2C(C)C)c2nccc[n+]2C1(C)CC. The highest BCUT2D eigenvalue weighted by molar-refractivity contribution is 6.74. The van der Waals surface area contributed by atoms with E-state index in [1.54, 1.807) is 0 Å². The van der Waals surface area contributed by atoms with Gasteiger partial charge in [0.05, 0.1) is 17.4 Å². The molecule has 0 saturated carbocycles. The molecule has 4 nitrogen and oxygen atoms in total. The van der Waals surface area contributed by atoms with Crippen LogP contribution in [0, 0.1) is 0 Å². The van der Waals surface area contributed by atoms with Crippen molar-refractivity contribution in [3.8, 4) is 0 Å². The van der Waals surface area contributed by atoms with E-state index in [4.69, 9.17) is 4.98 Å². The lowest BCUT2D eigenvalue weighted by Gasteiger charge is -2.52. The molecule has 2 aromatic rings. The van der Waals surface area contributed by atoms with Gasteiger partial charge in [0, 0.05) is 17.4 Å². The second kappa shape index (κ2) is 5.73. The molecule has 1 aromatic heterocycles. The number of anilines is 3. The monoisotopic (exact) mass is 349 g/mol. The summed E-state index contributed by atoms with van der Waals surface area (Å²) >= 11 is 0. The van der Waals surface area contributed by atoms with Crippen LogP contribution in [0.25, 0.3) is 0 Å². The molecule has 2 aliphatic rings. The summed E-state index contributed by atoms with van der Waals surface area (Å²) in [5, 5.41) is 0.0751. The van der Waals surface area contributed by atoms with Crippen LogP contribution >= 0.6 is 0 Å². The molecule has 26 heavy (non-hydrogen) atoms. The first-order valence-electron chi connectivity index (χ1n) is 9.94. The van der Waals surface area contributed by atoms with Gasteiger partial charge in [-0.25, -0.2) is 4.57 Å². The van der Waals surface area contributed by atoms with Gasteiger partial charge in [-0.2, -0.15) is 0 Å². The van der Waals surface area contributed by atoms with E-state index < -0.39 is 0 Å². The Morgan fingerprint density at radius 1 is 1.08 bits per heavy atom. The summed E-state index contributed by atoms with van der Waals surface area (Å²) in [4.78, 5) is 9.96. The maximum absolute atomic E-state index is 4.86. The summed E-state index contributed by atoms with van der Waals surface area (Å²) in [5.74, 6) is 1.06. The third-order valence-electron chi connectivity index (χ3n) is 7.18. The molecule has 2 unspecified atom stereocenters. The maximum Gasteiger partial charge on any atom is 0.474 e. The summed E-state index contributed by atoms with van der Waals surface area (Å²) in [5.41, 5.74) is 2.60. The van der Waals surface area contributed by atoms with Crippen LogP contribution in [0.3, 0.4) is 0 Å². The first-order chi connectivity index (χ1) is 12.4. The molecule has 2 aliphatic heterocycles. The molecule has 0 radical (unpaired) electrons. The zero-order valence-corrected chi connectivity index (χ0v) is 16.9. The maximum atomic E-state index is 4.86. The lowest BCUT2D eigenvalue weighted by Crippen LogP contribution is -2.75. The van der Waals surface area contributed by atoms with Gasteiger partial charge in [-0.3, -0.25) is 4.81 Å². The Bertz CT molecular complexity index is 838. The molecule has 0 bridgehead atoms. The van der Waals surface area contributed by atoms with Crippen molar-refractivity contribution in [1.29, 1.82) is 0 Å². The quantitative estimate of drug-likeness (QED) is 0.601. The van der Waals surface area contributed by atoms with Crippen LogP contribution in [-0.4, -0.2) is 18.0 Å². The number of hydrogen-bond donors (Lipinski definition) is 0. The van der Waals surface area contributed by atoms with E-state index in [1.807, 2.05) is 6.20 Å².